The zero-order chi connectivity index (χ0) is 16.9. The summed E-state index contributed by atoms with van der Waals surface area (Å²) in [6.07, 6.45) is -0.861. The van der Waals surface area contributed by atoms with E-state index in [0.29, 0.717) is 6.07 Å². The minimum atomic E-state index is -1.73. The second kappa shape index (κ2) is 6.83. The molecule has 0 saturated carbocycles. The van der Waals surface area contributed by atoms with E-state index in [9.17, 15) is 29.8 Å². The molecule has 116 valence electrons. The van der Waals surface area contributed by atoms with E-state index in [2.05, 4.69) is 10.2 Å². The van der Waals surface area contributed by atoms with Gasteiger partial charge in [-0.3, -0.25) is 25.0 Å². The van der Waals surface area contributed by atoms with Gasteiger partial charge in [-0.2, -0.15) is 5.11 Å². The van der Waals surface area contributed by atoms with Gasteiger partial charge in [-0.15, -0.1) is 5.11 Å². The molecule has 0 heterocycles. The van der Waals surface area contributed by atoms with Crippen LogP contribution in [0.3, 0.4) is 0 Å². The minimum Gasteiger partial charge on any atom is -0.481 e. The maximum atomic E-state index is 10.8. The van der Waals surface area contributed by atoms with Gasteiger partial charge in [0.25, 0.3) is 5.69 Å². The van der Waals surface area contributed by atoms with E-state index in [4.69, 9.17) is 10.2 Å². The molecule has 1 unspecified atom stereocenters. The third kappa shape index (κ3) is 4.29. The number of carboxylic acid groups (broad SMARTS) is 2. The van der Waals surface area contributed by atoms with Gasteiger partial charge in [0, 0.05) is 6.07 Å². The van der Waals surface area contributed by atoms with Gasteiger partial charge >= 0.3 is 17.6 Å². The van der Waals surface area contributed by atoms with Gasteiger partial charge in [-0.1, -0.05) is 0 Å². The van der Waals surface area contributed by atoms with Gasteiger partial charge in [0.2, 0.25) is 0 Å². The normalized spacial score (nSPS) is 12.0. The Bertz CT molecular complexity index is 671. The van der Waals surface area contributed by atoms with Crippen LogP contribution in [0.2, 0.25) is 0 Å². The summed E-state index contributed by atoms with van der Waals surface area (Å²) in [6.45, 7) is 0. The Labute approximate surface area is 121 Å². The molecule has 1 rings (SSSR count). The first kappa shape index (κ1) is 16.6. The molecule has 0 bridgehead atoms. The SMILES string of the molecule is O=C(O)CC(N=Nc1ccc([N+](=O)[O-])cc1[N+](=O)[O-])C(=O)O. The van der Waals surface area contributed by atoms with Crippen LogP contribution in [0.15, 0.2) is 28.4 Å². The predicted octanol–water partition coefficient (Wildman–Crippen LogP) is 1.51. The van der Waals surface area contributed by atoms with Crippen molar-refractivity contribution in [2.24, 2.45) is 10.2 Å². The Balaban J connectivity index is 3.17. The summed E-state index contributed by atoms with van der Waals surface area (Å²) in [6, 6.07) is 0.752. The second-order valence-corrected chi connectivity index (χ2v) is 3.85. The van der Waals surface area contributed by atoms with Crippen LogP contribution < -0.4 is 0 Å². The number of carboxylic acids is 2. The van der Waals surface area contributed by atoms with Gasteiger partial charge in [0.05, 0.1) is 22.3 Å². The van der Waals surface area contributed by atoms with Crippen molar-refractivity contribution in [3.63, 3.8) is 0 Å². The summed E-state index contributed by atoms with van der Waals surface area (Å²) in [4.78, 5) is 40.8. The van der Waals surface area contributed by atoms with Gasteiger partial charge in [-0.25, -0.2) is 4.79 Å². The van der Waals surface area contributed by atoms with Gasteiger partial charge in [0.15, 0.2) is 11.7 Å². The summed E-state index contributed by atoms with van der Waals surface area (Å²) >= 11 is 0. The maximum absolute atomic E-state index is 10.8. The average molecular weight is 312 g/mol. The molecule has 0 aliphatic rings. The fourth-order valence-electron chi connectivity index (χ4n) is 1.33. The van der Waals surface area contributed by atoms with E-state index < -0.39 is 51.3 Å². The lowest BCUT2D eigenvalue weighted by molar-refractivity contribution is -0.393. The molecule has 0 aliphatic carbocycles. The molecule has 0 radical (unpaired) electrons. The van der Waals surface area contributed by atoms with Crippen molar-refractivity contribution in [3.05, 3.63) is 38.4 Å². The van der Waals surface area contributed by atoms with Gasteiger partial charge in [0.1, 0.15) is 0 Å². The number of hydrogen-bond acceptors (Lipinski definition) is 8. The number of hydrogen-bond donors (Lipinski definition) is 2. The standard InChI is InChI=1S/C10H8N4O8/c15-9(16)4-7(10(17)18)12-11-6-2-1-5(13(19)20)3-8(6)14(21)22/h1-3,7H,4H2,(H,15,16)(H,17,18). The largest absolute Gasteiger partial charge is 0.481 e. The maximum Gasteiger partial charge on any atom is 0.330 e. The first-order valence-corrected chi connectivity index (χ1v) is 5.50. The quantitative estimate of drug-likeness (QED) is 0.430. The first-order valence-electron chi connectivity index (χ1n) is 5.50. The molecule has 1 aromatic carbocycles. The molecule has 1 aromatic rings. The van der Waals surface area contributed by atoms with Crippen molar-refractivity contribution < 1.29 is 29.6 Å². The van der Waals surface area contributed by atoms with Crippen LogP contribution in [0.25, 0.3) is 0 Å². The zero-order valence-electron chi connectivity index (χ0n) is 10.6. The highest BCUT2D eigenvalue weighted by atomic mass is 16.6. The van der Waals surface area contributed by atoms with Crippen LogP contribution in [0.1, 0.15) is 6.42 Å². The minimum absolute atomic E-state index is 0.424. The molecule has 0 amide bonds. The molecule has 2 N–H and O–H groups in total. The Kier molecular flexibility index (Phi) is 5.16. The summed E-state index contributed by atoms with van der Waals surface area (Å²) in [5, 5.41) is 45.2. The third-order valence-electron chi connectivity index (χ3n) is 2.32. The molecular weight excluding hydrogens is 304 g/mol. The lowest BCUT2D eigenvalue weighted by Gasteiger charge is -2.02. The first-order chi connectivity index (χ1) is 10.2. The second-order valence-electron chi connectivity index (χ2n) is 3.85. The fraction of sp³-hybridized carbons (Fsp3) is 0.200. The summed E-state index contributed by atoms with van der Waals surface area (Å²) < 4.78 is 0. The highest BCUT2D eigenvalue weighted by molar-refractivity contribution is 5.80. The van der Waals surface area contributed by atoms with E-state index in [1.807, 2.05) is 0 Å². The Hall–Kier alpha value is -3.44. The molecule has 0 saturated heterocycles. The van der Waals surface area contributed by atoms with Crippen molar-refractivity contribution in [1.82, 2.24) is 0 Å². The van der Waals surface area contributed by atoms with E-state index in [1.54, 1.807) is 0 Å². The van der Waals surface area contributed by atoms with Crippen LogP contribution in [0.5, 0.6) is 0 Å². The topological polar surface area (TPSA) is 186 Å². The summed E-state index contributed by atoms with van der Waals surface area (Å²) in [5.41, 5.74) is -1.73. The number of carbonyl (C=O) groups is 2. The number of nitro benzene ring substituents is 2. The van der Waals surface area contributed by atoms with Gasteiger partial charge < -0.3 is 10.2 Å². The molecular formula is C10H8N4O8. The number of azo groups is 1. The number of nitrogens with zero attached hydrogens (tertiary/aromatic N) is 4. The molecule has 0 fully saturated rings. The zero-order valence-corrected chi connectivity index (χ0v) is 10.6. The highest BCUT2D eigenvalue weighted by Crippen LogP contribution is 2.31. The van der Waals surface area contributed by atoms with Crippen molar-refractivity contribution in [1.29, 1.82) is 0 Å². The average Bonchev–Trinajstić information content (AvgIpc) is 2.42. The lowest BCUT2D eigenvalue weighted by atomic mass is 10.2. The number of benzene rings is 1. The van der Waals surface area contributed by atoms with Crippen LogP contribution in [0, 0.1) is 20.2 Å². The Morgan fingerprint density at radius 2 is 1.82 bits per heavy atom. The molecule has 0 spiro atoms. The number of aliphatic carboxylic acids is 2. The highest BCUT2D eigenvalue weighted by Gasteiger charge is 2.23. The van der Waals surface area contributed by atoms with E-state index in [1.165, 1.54) is 0 Å². The number of rotatable bonds is 7. The molecule has 22 heavy (non-hydrogen) atoms. The van der Waals surface area contributed by atoms with Crippen molar-refractivity contribution in [3.8, 4) is 0 Å². The molecule has 12 heteroatoms. The van der Waals surface area contributed by atoms with Crippen LogP contribution in [-0.2, 0) is 9.59 Å². The molecule has 12 nitrogen and oxygen atoms in total. The van der Waals surface area contributed by atoms with Gasteiger partial charge in [-0.05, 0) is 6.07 Å². The number of non-ortho nitro benzene ring substituents is 1. The van der Waals surface area contributed by atoms with Crippen LogP contribution in [-0.4, -0.2) is 38.0 Å². The number of nitro groups is 2. The monoisotopic (exact) mass is 312 g/mol. The van der Waals surface area contributed by atoms with E-state index in [0.717, 1.165) is 12.1 Å². The predicted molar refractivity (Wildman–Crippen MR) is 67.9 cm³/mol. The van der Waals surface area contributed by atoms with Crippen LogP contribution >= 0.6 is 0 Å². The Morgan fingerprint density at radius 3 is 2.27 bits per heavy atom. The lowest BCUT2D eigenvalue weighted by Crippen LogP contribution is -2.21. The van der Waals surface area contributed by atoms with E-state index >= 15 is 0 Å². The van der Waals surface area contributed by atoms with Crippen molar-refractivity contribution >= 4 is 29.0 Å². The smallest absolute Gasteiger partial charge is 0.330 e. The summed E-state index contributed by atoms with van der Waals surface area (Å²) in [5.74, 6) is -3.01. The third-order valence-corrected chi connectivity index (χ3v) is 2.32. The molecule has 0 aromatic heterocycles. The summed E-state index contributed by atoms with van der Waals surface area (Å²) in [7, 11) is 0. The van der Waals surface area contributed by atoms with Crippen molar-refractivity contribution in [2.75, 3.05) is 0 Å². The van der Waals surface area contributed by atoms with Crippen molar-refractivity contribution in [2.45, 2.75) is 12.5 Å². The fourth-order valence-corrected chi connectivity index (χ4v) is 1.33. The molecule has 0 aliphatic heterocycles. The Morgan fingerprint density at radius 1 is 1.18 bits per heavy atom. The van der Waals surface area contributed by atoms with Crippen LogP contribution in [0.4, 0.5) is 17.1 Å². The molecule has 1 atom stereocenters. The van der Waals surface area contributed by atoms with E-state index in [-0.39, 0.29) is 0 Å².